The molecule has 0 bridgehead atoms. The third-order valence-corrected chi connectivity index (χ3v) is 3.44. The summed E-state index contributed by atoms with van der Waals surface area (Å²) in [6, 6.07) is 8.08. The van der Waals surface area contributed by atoms with Crippen molar-refractivity contribution in [1.29, 1.82) is 0 Å². The Morgan fingerprint density at radius 3 is 2.71 bits per heavy atom. The van der Waals surface area contributed by atoms with Crippen LogP contribution in [0.3, 0.4) is 0 Å². The van der Waals surface area contributed by atoms with E-state index < -0.39 is 16.8 Å². The Morgan fingerprint density at radius 1 is 1.38 bits per heavy atom. The average Bonchev–Trinajstić information content (AvgIpc) is 2.42. The first kappa shape index (κ1) is 15.4. The molecule has 0 aromatic heterocycles. The standard InChI is InChI=1S/C14H11BrFNO4/c1-8(18)10-3-2-4-12(16)14(10)21-13-7-9(17(19)20)5-6-11(13)15/h2-8,18H,1H3/t8-/m0/s1. The van der Waals surface area contributed by atoms with Crippen LogP contribution in [0.1, 0.15) is 18.6 Å². The number of halogens is 2. The van der Waals surface area contributed by atoms with Crippen LogP contribution in [0.5, 0.6) is 11.5 Å². The van der Waals surface area contributed by atoms with Crippen LogP contribution in [-0.2, 0) is 0 Å². The number of hydrogen-bond donors (Lipinski definition) is 1. The summed E-state index contributed by atoms with van der Waals surface area (Å²) >= 11 is 3.19. The van der Waals surface area contributed by atoms with E-state index >= 15 is 0 Å². The molecule has 0 heterocycles. The highest BCUT2D eigenvalue weighted by molar-refractivity contribution is 9.10. The molecular weight excluding hydrogens is 345 g/mol. The number of aliphatic hydroxyl groups excluding tert-OH is 1. The van der Waals surface area contributed by atoms with Gasteiger partial charge >= 0.3 is 0 Å². The summed E-state index contributed by atoms with van der Waals surface area (Å²) in [4.78, 5) is 10.2. The molecule has 0 radical (unpaired) electrons. The first-order valence-corrected chi connectivity index (χ1v) is 6.77. The fourth-order valence-corrected chi connectivity index (χ4v) is 2.08. The van der Waals surface area contributed by atoms with E-state index in [1.165, 1.54) is 43.3 Å². The number of non-ortho nitro benzene ring substituents is 1. The number of rotatable bonds is 4. The Bertz CT molecular complexity index is 691. The van der Waals surface area contributed by atoms with Crippen LogP contribution in [0.4, 0.5) is 10.1 Å². The van der Waals surface area contributed by atoms with Crippen molar-refractivity contribution in [3.8, 4) is 11.5 Å². The van der Waals surface area contributed by atoms with Crippen molar-refractivity contribution in [2.45, 2.75) is 13.0 Å². The molecule has 0 aliphatic heterocycles. The quantitative estimate of drug-likeness (QED) is 0.653. The van der Waals surface area contributed by atoms with Gasteiger partial charge in [0.1, 0.15) is 5.75 Å². The Morgan fingerprint density at radius 2 is 2.10 bits per heavy atom. The molecule has 5 nitrogen and oxygen atoms in total. The summed E-state index contributed by atoms with van der Waals surface area (Å²) in [5.41, 5.74) is 0.0801. The third kappa shape index (κ3) is 3.37. The molecule has 0 amide bonds. The molecule has 2 aromatic carbocycles. The summed E-state index contributed by atoms with van der Waals surface area (Å²) in [5, 5.41) is 20.4. The van der Waals surface area contributed by atoms with E-state index in [9.17, 15) is 19.6 Å². The lowest BCUT2D eigenvalue weighted by molar-refractivity contribution is -0.384. The monoisotopic (exact) mass is 355 g/mol. The van der Waals surface area contributed by atoms with Crippen molar-refractivity contribution in [1.82, 2.24) is 0 Å². The van der Waals surface area contributed by atoms with Gasteiger partial charge in [0.15, 0.2) is 11.6 Å². The maximum absolute atomic E-state index is 13.9. The van der Waals surface area contributed by atoms with E-state index in [0.29, 0.717) is 4.47 Å². The highest BCUT2D eigenvalue weighted by Crippen LogP contribution is 2.37. The van der Waals surface area contributed by atoms with E-state index in [0.717, 1.165) is 0 Å². The second-order valence-corrected chi connectivity index (χ2v) is 5.16. The summed E-state index contributed by atoms with van der Waals surface area (Å²) < 4.78 is 19.8. The zero-order valence-electron chi connectivity index (χ0n) is 10.9. The van der Waals surface area contributed by atoms with E-state index in [4.69, 9.17) is 4.74 Å². The molecule has 0 aliphatic carbocycles. The molecule has 110 valence electrons. The van der Waals surface area contributed by atoms with Gasteiger partial charge < -0.3 is 9.84 Å². The Hall–Kier alpha value is -1.99. The van der Waals surface area contributed by atoms with Gasteiger partial charge in [-0.05, 0) is 35.0 Å². The zero-order chi connectivity index (χ0) is 15.6. The number of hydrogen-bond acceptors (Lipinski definition) is 4. The van der Waals surface area contributed by atoms with Crippen LogP contribution in [-0.4, -0.2) is 10.0 Å². The van der Waals surface area contributed by atoms with Crippen LogP contribution in [0.15, 0.2) is 40.9 Å². The van der Waals surface area contributed by atoms with Gasteiger partial charge in [0.05, 0.1) is 21.6 Å². The van der Waals surface area contributed by atoms with Gasteiger partial charge in [-0.25, -0.2) is 4.39 Å². The second-order valence-electron chi connectivity index (χ2n) is 4.31. The SMILES string of the molecule is C[C@H](O)c1cccc(F)c1Oc1cc([N+](=O)[O-])ccc1Br. The maximum atomic E-state index is 13.9. The number of para-hydroxylation sites is 1. The smallest absolute Gasteiger partial charge is 0.273 e. The van der Waals surface area contributed by atoms with Crippen LogP contribution >= 0.6 is 15.9 Å². The maximum Gasteiger partial charge on any atom is 0.273 e. The number of benzene rings is 2. The molecule has 0 fully saturated rings. The van der Waals surface area contributed by atoms with Gasteiger partial charge in [0.25, 0.3) is 5.69 Å². The highest BCUT2D eigenvalue weighted by Gasteiger charge is 2.17. The molecule has 7 heteroatoms. The van der Waals surface area contributed by atoms with E-state index in [1.807, 2.05) is 0 Å². The molecule has 0 spiro atoms. The normalized spacial score (nSPS) is 12.0. The van der Waals surface area contributed by atoms with Crippen molar-refractivity contribution in [2.24, 2.45) is 0 Å². The van der Waals surface area contributed by atoms with Crippen molar-refractivity contribution >= 4 is 21.6 Å². The van der Waals surface area contributed by atoms with Gasteiger partial charge in [0.2, 0.25) is 0 Å². The fraction of sp³-hybridized carbons (Fsp3) is 0.143. The Labute approximate surface area is 128 Å². The lowest BCUT2D eigenvalue weighted by Crippen LogP contribution is -1.99. The Balaban J connectivity index is 2.47. The predicted octanol–water partition coefficient (Wildman–Crippen LogP) is 4.34. The van der Waals surface area contributed by atoms with Crippen molar-refractivity contribution in [3.63, 3.8) is 0 Å². The number of nitro groups is 1. The van der Waals surface area contributed by atoms with E-state index in [2.05, 4.69) is 15.9 Å². The fourth-order valence-electron chi connectivity index (χ4n) is 1.76. The van der Waals surface area contributed by atoms with Crippen molar-refractivity contribution in [2.75, 3.05) is 0 Å². The summed E-state index contributed by atoms with van der Waals surface area (Å²) in [7, 11) is 0. The molecule has 1 N–H and O–H groups in total. The second kappa shape index (κ2) is 6.19. The minimum atomic E-state index is -0.937. The van der Waals surface area contributed by atoms with Crippen LogP contribution in [0, 0.1) is 15.9 Å². The molecule has 0 saturated heterocycles. The predicted molar refractivity (Wildman–Crippen MR) is 77.9 cm³/mol. The number of aliphatic hydroxyl groups is 1. The molecular formula is C14H11BrFNO4. The first-order valence-electron chi connectivity index (χ1n) is 5.98. The number of ether oxygens (including phenoxy) is 1. The molecule has 2 rings (SSSR count). The lowest BCUT2D eigenvalue weighted by atomic mass is 10.1. The zero-order valence-corrected chi connectivity index (χ0v) is 12.5. The van der Waals surface area contributed by atoms with Crippen LogP contribution in [0.25, 0.3) is 0 Å². The van der Waals surface area contributed by atoms with E-state index in [-0.39, 0.29) is 22.7 Å². The number of nitrogens with zero attached hydrogens (tertiary/aromatic N) is 1. The largest absolute Gasteiger partial charge is 0.452 e. The minimum Gasteiger partial charge on any atom is -0.452 e. The molecule has 1 atom stereocenters. The van der Waals surface area contributed by atoms with Gasteiger partial charge in [0, 0.05) is 11.6 Å². The van der Waals surface area contributed by atoms with Crippen molar-refractivity contribution in [3.05, 3.63) is 62.4 Å². The summed E-state index contributed by atoms with van der Waals surface area (Å²) in [5.74, 6) is -0.725. The van der Waals surface area contributed by atoms with Gasteiger partial charge in [-0.15, -0.1) is 0 Å². The minimum absolute atomic E-state index is 0.0937. The van der Waals surface area contributed by atoms with Crippen molar-refractivity contribution < 1.29 is 19.2 Å². The number of nitro benzene ring substituents is 1. The van der Waals surface area contributed by atoms with Gasteiger partial charge in [-0.2, -0.15) is 0 Å². The Kier molecular flexibility index (Phi) is 4.54. The molecule has 2 aromatic rings. The summed E-state index contributed by atoms with van der Waals surface area (Å²) in [6.07, 6.45) is -0.937. The first-order chi connectivity index (χ1) is 9.90. The molecule has 0 saturated carbocycles. The van der Waals surface area contributed by atoms with Crippen LogP contribution < -0.4 is 4.74 Å². The lowest BCUT2D eigenvalue weighted by Gasteiger charge is -2.14. The molecule has 0 aliphatic rings. The summed E-state index contributed by atoms with van der Waals surface area (Å²) in [6.45, 7) is 1.48. The topological polar surface area (TPSA) is 72.6 Å². The van der Waals surface area contributed by atoms with Gasteiger partial charge in [-0.1, -0.05) is 12.1 Å². The highest BCUT2D eigenvalue weighted by atomic mass is 79.9. The van der Waals surface area contributed by atoms with Crippen LogP contribution in [0.2, 0.25) is 0 Å². The average molecular weight is 356 g/mol. The third-order valence-electron chi connectivity index (χ3n) is 2.79. The molecule has 21 heavy (non-hydrogen) atoms. The molecule has 0 unspecified atom stereocenters. The van der Waals surface area contributed by atoms with Gasteiger partial charge in [-0.3, -0.25) is 10.1 Å². The van der Waals surface area contributed by atoms with E-state index in [1.54, 1.807) is 0 Å².